The van der Waals surface area contributed by atoms with Gasteiger partial charge in [0.05, 0.1) is 19.6 Å². The van der Waals surface area contributed by atoms with Crippen molar-refractivity contribution in [2.45, 2.75) is 142 Å². The van der Waals surface area contributed by atoms with Crippen molar-refractivity contribution in [3.63, 3.8) is 0 Å². The third-order valence-electron chi connectivity index (χ3n) is 13.0. The first kappa shape index (κ1) is 26.5. The molecule has 0 amide bonds. The molecule has 37 heavy (non-hydrogen) atoms. The number of allylic oxidation sites excluding steroid dienone is 2. The molecule has 0 radical (unpaired) electrons. The molecule has 4 fully saturated rings. The lowest BCUT2D eigenvalue weighted by atomic mass is 9.72. The monoisotopic (exact) mass is 524 g/mol. The topological polar surface area (TPSA) is 18.5 Å². The zero-order valence-electron chi connectivity index (χ0n) is 25.3. The minimum Gasteiger partial charge on any atom is -0.494 e. The fraction of sp³-hybridized carbons (Fsp3) is 0.882. The van der Waals surface area contributed by atoms with Crippen molar-refractivity contribution < 1.29 is 9.47 Å². The van der Waals surface area contributed by atoms with Crippen LogP contribution in [0.3, 0.4) is 0 Å². The molecule has 12 atom stereocenters. The van der Waals surface area contributed by atoms with Crippen LogP contribution in [-0.4, -0.2) is 20.3 Å². The number of hydrogen-bond acceptors (Lipinski definition) is 2. The summed E-state index contributed by atoms with van der Waals surface area (Å²) >= 11 is 0. The summed E-state index contributed by atoms with van der Waals surface area (Å²) in [5.41, 5.74) is 5.02. The first-order chi connectivity index (χ1) is 17.6. The van der Waals surface area contributed by atoms with Gasteiger partial charge >= 0.3 is 0 Å². The number of hydrogen-bond donors (Lipinski definition) is 0. The minimum atomic E-state index is -1.69. The zero-order valence-corrected chi connectivity index (χ0v) is 26.3. The highest BCUT2D eigenvalue weighted by Crippen LogP contribution is 2.64. The molecule has 2 aliphatic heterocycles. The summed E-state index contributed by atoms with van der Waals surface area (Å²) in [5.74, 6) is 8.80. The quantitative estimate of drug-likeness (QED) is 0.341. The second-order valence-corrected chi connectivity index (χ2v) is 20.4. The highest BCUT2D eigenvalue weighted by atomic mass is 28.3. The molecule has 0 saturated heterocycles. The maximum absolute atomic E-state index is 6.99. The van der Waals surface area contributed by atoms with Crippen molar-refractivity contribution in [3.8, 4) is 0 Å². The smallest absolute Gasteiger partial charge is 0.106 e. The van der Waals surface area contributed by atoms with Crippen LogP contribution in [0.4, 0.5) is 0 Å². The lowest BCUT2D eigenvalue weighted by molar-refractivity contribution is 0.112. The molecule has 12 unspecified atom stereocenters. The molecule has 3 heteroatoms. The molecule has 4 aliphatic carbocycles. The van der Waals surface area contributed by atoms with E-state index >= 15 is 0 Å². The van der Waals surface area contributed by atoms with Crippen molar-refractivity contribution in [2.75, 3.05) is 0 Å². The predicted octanol–water partition coefficient (Wildman–Crippen LogP) is 9.75. The lowest BCUT2D eigenvalue weighted by Crippen LogP contribution is -2.49. The van der Waals surface area contributed by atoms with Gasteiger partial charge in [-0.3, -0.25) is 0 Å². The number of ether oxygens (including phenoxy) is 2. The molecule has 2 nitrogen and oxygen atoms in total. The van der Waals surface area contributed by atoms with Gasteiger partial charge in [-0.15, -0.1) is 0 Å². The van der Waals surface area contributed by atoms with Gasteiger partial charge < -0.3 is 9.47 Å². The summed E-state index contributed by atoms with van der Waals surface area (Å²) in [7, 11) is -1.69. The van der Waals surface area contributed by atoms with Gasteiger partial charge in [0.15, 0.2) is 0 Å². The summed E-state index contributed by atoms with van der Waals surface area (Å²) in [4.78, 5) is 0. The Morgan fingerprint density at radius 2 is 0.919 bits per heavy atom. The van der Waals surface area contributed by atoms with Crippen LogP contribution in [0.15, 0.2) is 22.7 Å². The Kier molecular flexibility index (Phi) is 6.98. The fourth-order valence-corrected chi connectivity index (χ4v) is 17.6. The van der Waals surface area contributed by atoms with Crippen LogP contribution < -0.4 is 0 Å². The minimum absolute atomic E-state index is 0.445. The Labute approximate surface area is 229 Å². The summed E-state index contributed by atoms with van der Waals surface area (Å²) in [6.07, 6.45) is 14.9. The Balaban J connectivity index is 1.25. The van der Waals surface area contributed by atoms with Gasteiger partial charge in [0.2, 0.25) is 0 Å². The largest absolute Gasteiger partial charge is 0.494 e. The van der Waals surface area contributed by atoms with E-state index in [0.29, 0.717) is 24.0 Å². The van der Waals surface area contributed by atoms with E-state index in [-0.39, 0.29) is 0 Å². The van der Waals surface area contributed by atoms with E-state index in [0.717, 1.165) is 46.6 Å². The summed E-state index contributed by atoms with van der Waals surface area (Å²) in [6.45, 7) is 20.4. The predicted molar refractivity (Wildman–Crippen MR) is 157 cm³/mol. The van der Waals surface area contributed by atoms with Crippen LogP contribution in [0.2, 0.25) is 24.2 Å². The molecule has 2 heterocycles. The molecule has 0 N–H and O–H groups in total. The van der Waals surface area contributed by atoms with E-state index in [9.17, 15) is 0 Å². The van der Waals surface area contributed by atoms with Crippen molar-refractivity contribution in [2.24, 2.45) is 47.3 Å². The van der Waals surface area contributed by atoms with Crippen LogP contribution in [-0.2, 0) is 9.47 Å². The van der Waals surface area contributed by atoms with Crippen molar-refractivity contribution in [3.05, 3.63) is 22.7 Å². The van der Waals surface area contributed by atoms with Gasteiger partial charge in [0, 0.05) is 11.8 Å². The van der Waals surface area contributed by atoms with Gasteiger partial charge in [0.1, 0.15) is 12.2 Å². The van der Waals surface area contributed by atoms with Crippen LogP contribution in [0, 0.1) is 47.3 Å². The third kappa shape index (κ3) is 4.13. The zero-order chi connectivity index (χ0) is 26.2. The molecular formula is C34H56O2Si. The van der Waals surface area contributed by atoms with Crippen LogP contribution in [0.1, 0.15) is 106 Å². The van der Waals surface area contributed by atoms with Crippen molar-refractivity contribution >= 4 is 8.07 Å². The van der Waals surface area contributed by atoms with Gasteiger partial charge in [0.25, 0.3) is 0 Å². The SMILES string of the molecule is CC1=C(C2CCCCC2C)C2CC(C)C([Si](C)(C)C3C(C)CC4C(C5CCCCC5C)=C(C)OC43)C2O1. The van der Waals surface area contributed by atoms with E-state index < -0.39 is 8.07 Å². The first-order valence-electron chi connectivity index (χ1n) is 16.4. The summed E-state index contributed by atoms with van der Waals surface area (Å²) in [5, 5.41) is 0. The average Bonchev–Trinajstić information content (AvgIpc) is 3.51. The van der Waals surface area contributed by atoms with Gasteiger partial charge in [-0.1, -0.05) is 79.3 Å². The van der Waals surface area contributed by atoms with Crippen LogP contribution in [0.25, 0.3) is 0 Å². The molecule has 0 aromatic carbocycles. The summed E-state index contributed by atoms with van der Waals surface area (Å²) < 4.78 is 14.0. The second-order valence-electron chi connectivity index (χ2n) is 15.4. The first-order valence-corrected chi connectivity index (χ1v) is 19.5. The van der Waals surface area contributed by atoms with E-state index in [2.05, 4.69) is 54.6 Å². The maximum atomic E-state index is 6.99. The molecule has 0 bridgehead atoms. The second kappa shape index (κ2) is 9.74. The van der Waals surface area contributed by atoms with E-state index in [4.69, 9.17) is 9.47 Å². The molecule has 6 rings (SSSR count). The maximum Gasteiger partial charge on any atom is 0.106 e. The lowest BCUT2D eigenvalue weighted by Gasteiger charge is -2.44. The van der Waals surface area contributed by atoms with Gasteiger partial charge in [-0.2, -0.15) is 0 Å². The van der Waals surface area contributed by atoms with Gasteiger partial charge in [-0.05, 0) is 97.3 Å². The highest BCUT2D eigenvalue weighted by molar-refractivity contribution is 6.80. The normalized spacial score (nSPS) is 48.2. The summed E-state index contributed by atoms with van der Waals surface area (Å²) in [6, 6.07) is 0. The number of fused-ring (bicyclic) bond motifs is 2. The molecule has 0 spiro atoms. The third-order valence-corrected chi connectivity index (χ3v) is 18.2. The Bertz CT molecular complexity index is 873. The Morgan fingerprint density at radius 3 is 1.30 bits per heavy atom. The van der Waals surface area contributed by atoms with Crippen LogP contribution >= 0.6 is 0 Å². The van der Waals surface area contributed by atoms with E-state index in [1.165, 1.54) is 75.7 Å². The Morgan fingerprint density at radius 1 is 0.541 bits per heavy atom. The fourth-order valence-electron chi connectivity index (χ4n) is 11.7. The molecule has 6 aliphatic rings. The average molecular weight is 525 g/mol. The van der Waals surface area contributed by atoms with Crippen molar-refractivity contribution in [1.82, 2.24) is 0 Å². The van der Waals surface area contributed by atoms with Crippen molar-refractivity contribution in [1.29, 1.82) is 0 Å². The molecule has 208 valence electrons. The highest BCUT2D eigenvalue weighted by Gasteiger charge is 2.63. The standard InChI is InChI=1S/C34H56O2Si/c1-19-13-9-11-15-25(19)29-23(5)35-31-27(29)17-21(3)33(31)37(7,8)34-22(4)18-28-30(24(6)36-32(28)34)26-16-12-10-14-20(26)2/h19-22,25-28,31-34H,9-18H2,1-8H3. The molecule has 0 aromatic heterocycles. The number of rotatable bonds is 4. The molecular weight excluding hydrogens is 468 g/mol. The molecule has 4 saturated carbocycles. The van der Waals surface area contributed by atoms with E-state index in [1.54, 1.807) is 11.1 Å². The molecule has 0 aromatic rings. The van der Waals surface area contributed by atoms with Gasteiger partial charge in [-0.25, -0.2) is 0 Å². The van der Waals surface area contributed by atoms with E-state index in [1.807, 2.05) is 0 Å². The van der Waals surface area contributed by atoms with Crippen LogP contribution in [0.5, 0.6) is 0 Å². The Hall–Kier alpha value is -0.703.